The van der Waals surface area contributed by atoms with Gasteiger partial charge >= 0.3 is 0 Å². The molecule has 0 saturated carbocycles. The van der Waals surface area contributed by atoms with Gasteiger partial charge in [-0.15, -0.1) is 0 Å². The van der Waals surface area contributed by atoms with Gasteiger partial charge in [0, 0.05) is 23.2 Å². The molecule has 100 valence electrons. The van der Waals surface area contributed by atoms with Crippen LogP contribution in [0.25, 0.3) is 0 Å². The lowest BCUT2D eigenvalue weighted by Crippen LogP contribution is -2.04. The average Bonchev–Trinajstić information content (AvgIpc) is 2.43. The van der Waals surface area contributed by atoms with Crippen molar-refractivity contribution in [3.05, 3.63) is 57.9 Å². The highest BCUT2D eigenvalue weighted by atomic mass is 79.9. The fourth-order valence-corrected chi connectivity index (χ4v) is 2.14. The van der Waals surface area contributed by atoms with E-state index < -0.39 is 6.10 Å². The number of ether oxygens (including phenoxy) is 1. The van der Waals surface area contributed by atoms with Crippen molar-refractivity contribution >= 4 is 15.9 Å². The number of nitrogens with zero attached hydrogens (tertiary/aromatic N) is 1. The van der Waals surface area contributed by atoms with Gasteiger partial charge in [-0.3, -0.25) is 0 Å². The summed E-state index contributed by atoms with van der Waals surface area (Å²) in [7, 11) is 1.52. The molecule has 1 unspecified atom stereocenters. The van der Waals surface area contributed by atoms with Crippen LogP contribution in [-0.2, 0) is 6.42 Å². The normalized spacial score (nSPS) is 12.2. The van der Waals surface area contributed by atoms with E-state index in [-0.39, 0.29) is 12.2 Å². The number of rotatable bonds is 4. The Bertz CT molecular complexity index is 560. The molecule has 0 aliphatic rings. The van der Waals surface area contributed by atoms with Crippen LogP contribution in [0.2, 0.25) is 0 Å². The third-order valence-corrected chi connectivity index (χ3v) is 3.27. The Morgan fingerprint density at radius 1 is 1.37 bits per heavy atom. The molecule has 1 atom stereocenters. The lowest BCUT2D eigenvalue weighted by molar-refractivity contribution is 0.176. The van der Waals surface area contributed by atoms with Gasteiger partial charge in [0.15, 0.2) is 0 Å². The predicted octanol–water partition coefficient (Wildman–Crippen LogP) is 3.27. The van der Waals surface area contributed by atoms with Crippen molar-refractivity contribution in [2.45, 2.75) is 12.5 Å². The molecule has 0 saturated heterocycles. The summed E-state index contributed by atoms with van der Waals surface area (Å²) in [6.07, 6.45) is 0.917. The SMILES string of the molecule is COc1ccc(C(O)Cc2cc(Br)ccc2F)cn1. The molecule has 3 nitrogen and oxygen atoms in total. The zero-order valence-electron chi connectivity index (χ0n) is 10.3. The number of benzene rings is 1. The van der Waals surface area contributed by atoms with Gasteiger partial charge in [0.05, 0.1) is 13.2 Å². The molecule has 1 aromatic heterocycles. The summed E-state index contributed by atoms with van der Waals surface area (Å²) >= 11 is 3.28. The smallest absolute Gasteiger partial charge is 0.212 e. The summed E-state index contributed by atoms with van der Waals surface area (Å²) in [5, 5.41) is 10.1. The number of aliphatic hydroxyl groups excluding tert-OH is 1. The van der Waals surface area contributed by atoms with Crippen LogP contribution in [0, 0.1) is 5.82 Å². The minimum absolute atomic E-state index is 0.194. The quantitative estimate of drug-likeness (QED) is 0.938. The molecule has 1 heterocycles. The summed E-state index contributed by atoms with van der Waals surface area (Å²) < 4.78 is 19.3. The molecule has 0 radical (unpaired) electrons. The molecule has 0 aliphatic carbocycles. The lowest BCUT2D eigenvalue weighted by atomic mass is 10.0. The standard InChI is InChI=1S/C14H13BrFNO2/c1-19-14-5-2-9(8-17-14)13(18)7-10-6-11(15)3-4-12(10)16/h2-6,8,13,18H,7H2,1H3. The van der Waals surface area contributed by atoms with E-state index in [0.29, 0.717) is 17.0 Å². The first-order valence-corrected chi connectivity index (χ1v) is 6.51. The second-order valence-corrected chi connectivity index (χ2v) is 5.01. The minimum Gasteiger partial charge on any atom is -0.481 e. The van der Waals surface area contributed by atoms with E-state index >= 15 is 0 Å². The fraction of sp³-hybridized carbons (Fsp3) is 0.214. The zero-order valence-corrected chi connectivity index (χ0v) is 11.9. The zero-order chi connectivity index (χ0) is 13.8. The van der Waals surface area contributed by atoms with Crippen LogP contribution in [0.15, 0.2) is 41.0 Å². The van der Waals surface area contributed by atoms with Gasteiger partial charge in [0.25, 0.3) is 0 Å². The monoisotopic (exact) mass is 325 g/mol. The number of aliphatic hydroxyl groups is 1. The maximum atomic E-state index is 13.6. The maximum Gasteiger partial charge on any atom is 0.212 e. The van der Waals surface area contributed by atoms with Gasteiger partial charge in [-0.25, -0.2) is 9.37 Å². The Kier molecular flexibility index (Phi) is 4.50. The van der Waals surface area contributed by atoms with E-state index in [2.05, 4.69) is 20.9 Å². The Morgan fingerprint density at radius 2 is 2.16 bits per heavy atom. The molecule has 1 aromatic carbocycles. The Hall–Kier alpha value is -1.46. The second-order valence-electron chi connectivity index (χ2n) is 4.09. The first-order chi connectivity index (χ1) is 9.10. The molecular weight excluding hydrogens is 313 g/mol. The molecule has 19 heavy (non-hydrogen) atoms. The van der Waals surface area contributed by atoms with Gasteiger partial charge in [0.2, 0.25) is 5.88 Å². The van der Waals surface area contributed by atoms with Crippen molar-refractivity contribution in [3.63, 3.8) is 0 Å². The number of aromatic nitrogens is 1. The molecule has 0 amide bonds. The Labute approximate surface area is 119 Å². The number of methoxy groups -OCH3 is 1. The molecule has 0 spiro atoms. The number of hydrogen-bond donors (Lipinski definition) is 1. The lowest BCUT2D eigenvalue weighted by Gasteiger charge is -2.12. The van der Waals surface area contributed by atoms with Crippen LogP contribution in [0.1, 0.15) is 17.2 Å². The van der Waals surface area contributed by atoms with E-state index in [0.717, 1.165) is 4.47 Å². The number of pyridine rings is 1. The molecule has 0 fully saturated rings. The van der Waals surface area contributed by atoms with Crippen molar-refractivity contribution < 1.29 is 14.2 Å². The van der Waals surface area contributed by atoms with Crippen molar-refractivity contribution in [3.8, 4) is 5.88 Å². The van der Waals surface area contributed by atoms with Crippen molar-refractivity contribution in [2.75, 3.05) is 7.11 Å². The third-order valence-electron chi connectivity index (χ3n) is 2.77. The molecule has 5 heteroatoms. The maximum absolute atomic E-state index is 13.6. The molecule has 1 N–H and O–H groups in total. The summed E-state index contributed by atoms with van der Waals surface area (Å²) in [6, 6.07) is 8.04. The van der Waals surface area contributed by atoms with Crippen molar-refractivity contribution in [1.29, 1.82) is 0 Å². The van der Waals surface area contributed by atoms with E-state index in [4.69, 9.17) is 4.74 Å². The number of halogens is 2. The molecular formula is C14H13BrFNO2. The Balaban J connectivity index is 2.15. The van der Waals surface area contributed by atoms with Crippen molar-refractivity contribution in [1.82, 2.24) is 4.98 Å². The van der Waals surface area contributed by atoms with Gasteiger partial charge in [0.1, 0.15) is 5.82 Å². The van der Waals surface area contributed by atoms with Gasteiger partial charge in [-0.05, 0) is 35.4 Å². The van der Waals surface area contributed by atoms with Crippen LogP contribution < -0.4 is 4.74 Å². The summed E-state index contributed by atoms with van der Waals surface area (Å²) in [5.74, 6) is 0.147. The predicted molar refractivity (Wildman–Crippen MR) is 73.6 cm³/mol. The van der Waals surface area contributed by atoms with E-state index in [1.807, 2.05) is 0 Å². The highest BCUT2D eigenvalue weighted by Gasteiger charge is 2.12. The van der Waals surface area contributed by atoms with E-state index in [9.17, 15) is 9.50 Å². The van der Waals surface area contributed by atoms with Crippen molar-refractivity contribution in [2.24, 2.45) is 0 Å². The van der Waals surface area contributed by atoms with Gasteiger partial charge in [-0.1, -0.05) is 15.9 Å². The average molecular weight is 326 g/mol. The molecule has 2 rings (SSSR count). The van der Waals surface area contributed by atoms with Crippen LogP contribution in [0.5, 0.6) is 5.88 Å². The topological polar surface area (TPSA) is 42.4 Å². The second kappa shape index (κ2) is 6.12. The number of hydrogen-bond acceptors (Lipinski definition) is 3. The third kappa shape index (κ3) is 3.52. The van der Waals surface area contributed by atoms with E-state index in [1.54, 1.807) is 24.3 Å². The van der Waals surface area contributed by atoms with E-state index in [1.165, 1.54) is 19.4 Å². The van der Waals surface area contributed by atoms with Crippen LogP contribution in [0.3, 0.4) is 0 Å². The first-order valence-electron chi connectivity index (χ1n) is 5.72. The molecule has 2 aromatic rings. The molecule has 0 bridgehead atoms. The fourth-order valence-electron chi connectivity index (χ4n) is 1.74. The van der Waals surface area contributed by atoms with Crippen LogP contribution in [0.4, 0.5) is 4.39 Å². The summed E-state index contributed by atoms with van der Waals surface area (Å²) in [4.78, 5) is 4.01. The highest BCUT2D eigenvalue weighted by Crippen LogP contribution is 2.23. The Morgan fingerprint density at radius 3 is 2.79 bits per heavy atom. The largest absolute Gasteiger partial charge is 0.481 e. The van der Waals surface area contributed by atoms with Gasteiger partial charge < -0.3 is 9.84 Å². The minimum atomic E-state index is -0.804. The van der Waals surface area contributed by atoms with Crippen LogP contribution >= 0.6 is 15.9 Å². The summed E-state index contributed by atoms with van der Waals surface area (Å²) in [6.45, 7) is 0. The molecule has 0 aliphatic heterocycles. The highest BCUT2D eigenvalue weighted by molar-refractivity contribution is 9.10. The van der Waals surface area contributed by atoms with Crippen LogP contribution in [-0.4, -0.2) is 17.2 Å². The first kappa shape index (κ1) is 14.0. The van der Waals surface area contributed by atoms with Gasteiger partial charge in [-0.2, -0.15) is 0 Å². The summed E-state index contributed by atoms with van der Waals surface area (Å²) in [5.41, 5.74) is 1.08.